The van der Waals surface area contributed by atoms with Gasteiger partial charge in [-0.05, 0) is 0 Å². The number of halogens is 4. The lowest BCUT2D eigenvalue weighted by molar-refractivity contribution is -0.223. The molecule has 2 rings (SSSR count). The molecule has 18 heavy (non-hydrogen) atoms. The molecule has 8 heteroatoms. The van der Waals surface area contributed by atoms with Crippen LogP contribution < -0.4 is 0 Å². The first-order valence-corrected chi connectivity index (χ1v) is 6.56. The second-order valence-electron chi connectivity index (χ2n) is 4.18. The normalized spacial score (nSPS) is 46.0. The van der Waals surface area contributed by atoms with Crippen molar-refractivity contribution in [3.8, 4) is 0 Å². The van der Waals surface area contributed by atoms with E-state index in [-0.39, 0.29) is 10.1 Å². The fourth-order valence-electron chi connectivity index (χ4n) is 2.90. The van der Waals surface area contributed by atoms with E-state index >= 15 is 0 Å². The lowest BCUT2D eigenvalue weighted by Gasteiger charge is -2.40. The Morgan fingerprint density at radius 3 is 1.78 bits per heavy atom. The van der Waals surface area contributed by atoms with Crippen LogP contribution >= 0.6 is 46.4 Å². The van der Waals surface area contributed by atoms with Gasteiger partial charge in [0.1, 0.15) is 12.2 Å². The van der Waals surface area contributed by atoms with Crippen molar-refractivity contribution in [3.05, 3.63) is 10.1 Å². The van der Waals surface area contributed by atoms with Crippen molar-refractivity contribution in [2.75, 3.05) is 21.3 Å². The van der Waals surface area contributed by atoms with Gasteiger partial charge in [-0.25, -0.2) is 0 Å². The van der Waals surface area contributed by atoms with E-state index in [0.717, 1.165) is 0 Å². The van der Waals surface area contributed by atoms with Crippen LogP contribution in [-0.2, 0) is 14.2 Å². The minimum atomic E-state index is -1.61. The Morgan fingerprint density at radius 1 is 1.00 bits per heavy atom. The monoisotopic (exact) mass is 336 g/mol. The summed E-state index contributed by atoms with van der Waals surface area (Å²) >= 11 is 25.2. The van der Waals surface area contributed by atoms with Gasteiger partial charge in [-0.3, -0.25) is 0 Å². The Balaban J connectivity index is 2.76. The molecule has 2 bridgehead atoms. The average Bonchev–Trinajstić information content (AvgIpc) is 2.59. The first-order valence-electron chi connectivity index (χ1n) is 5.04. The lowest BCUT2D eigenvalue weighted by Crippen LogP contribution is -2.58. The van der Waals surface area contributed by atoms with Crippen LogP contribution in [0.2, 0.25) is 0 Å². The zero-order chi connectivity index (χ0) is 13.9. The molecule has 0 amide bonds. The van der Waals surface area contributed by atoms with E-state index in [1.165, 1.54) is 21.3 Å². The highest BCUT2D eigenvalue weighted by Gasteiger charge is 2.85. The zero-order valence-electron chi connectivity index (χ0n) is 9.84. The van der Waals surface area contributed by atoms with Crippen LogP contribution in [0.15, 0.2) is 10.1 Å². The molecule has 0 aromatic rings. The van der Waals surface area contributed by atoms with E-state index in [9.17, 15) is 5.11 Å². The second kappa shape index (κ2) is 4.37. The highest BCUT2D eigenvalue weighted by Crippen LogP contribution is 2.69. The van der Waals surface area contributed by atoms with Crippen LogP contribution in [-0.4, -0.2) is 54.2 Å². The molecule has 4 nitrogen and oxygen atoms in total. The summed E-state index contributed by atoms with van der Waals surface area (Å²) in [6, 6.07) is 0. The van der Waals surface area contributed by atoms with Gasteiger partial charge in [-0.2, -0.15) is 0 Å². The van der Waals surface area contributed by atoms with Gasteiger partial charge in [0, 0.05) is 21.3 Å². The Morgan fingerprint density at radius 2 is 1.44 bits per heavy atom. The maximum absolute atomic E-state index is 10.3. The van der Waals surface area contributed by atoms with Gasteiger partial charge in [-0.15, -0.1) is 23.2 Å². The molecule has 0 heterocycles. The van der Waals surface area contributed by atoms with Gasteiger partial charge in [0.25, 0.3) is 0 Å². The molecule has 2 aliphatic carbocycles. The third-order valence-electron chi connectivity index (χ3n) is 3.70. The van der Waals surface area contributed by atoms with Crippen LogP contribution in [0.3, 0.4) is 0 Å². The zero-order valence-corrected chi connectivity index (χ0v) is 12.9. The molecule has 0 spiro atoms. The average molecular weight is 338 g/mol. The minimum absolute atomic E-state index is 0.00494. The molecule has 0 radical (unpaired) electrons. The van der Waals surface area contributed by atoms with E-state index in [2.05, 4.69) is 0 Å². The van der Waals surface area contributed by atoms with Crippen LogP contribution in [0.5, 0.6) is 0 Å². The molecule has 1 fully saturated rings. The van der Waals surface area contributed by atoms with E-state index in [0.29, 0.717) is 0 Å². The number of hydrogen-bond acceptors (Lipinski definition) is 4. The van der Waals surface area contributed by atoms with Crippen molar-refractivity contribution in [1.29, 1.82) is 0 Å². The molecule has 0 aromatic heterocycles. The number of ether oxygens (including phenoxy) is 3. The third kappa shape index (κ3) is 1.20. The summed E-state index contributed by atoms with van der Waals surface area (Å²) in [7, 11) is 4.08. The van der Waals surface area contributed by atoms with Crippen LogP contribution in [0.1, 0.15) is 0 Å². The van der Waals surface area contributed by atoms with Gasteiger partial charge in [0.05, 0.1) is 10.1 Å². The number of aliphatic hydroxyl groups is 1. The number of methoxy groups -OCH3 is 3. The van der Waals surface area contributed by atoms with Crippen molar-refractivity contribution in [1.82, 2.24) is 0 Å². The van der Waals surface area contributed by atoms with E-state index < -0.39 is 27.7 Å². The Bertz CT molecular complexity index is 411. The van der Waals surface area contributed by atoms with E-state index in [1.807, 2.05) is 0 Å². The first kappa shape index (κ1) is 15.1. The van der Waals surface area contributed by atoms with Gasteiger partial charge in [-0.1, -0.05) is 23.2 Å². The summed E-state index contributed by atoms with van der Waals surface area (Å²) in [6.45, 7) is 0. The lowest BCUT2D eigenvalue weighted by atomic mass is 10.00. The molecule has 104 valence electrons. The van der Waals surface area contributed by atoms with Gasteiger partial charge < -0.3 is 19.3 Å². The SMILES string of the molecule is COC1C(O)C2(Cl)C(Cl)=C(Cl)C1(Cl)C2(OC)OC. The Labute approximate surface area is 125 Å². The maximum Gasteiger partial charge on any atom is 0.222 e. The van der Waals surface area contributed by atoms with Crippen molar-refractivity contribution in [2.24, 2.45) is 0 Å². The molecule has 2 aliphatic rings. The van der Waals surface area contributed by atoms with Crippen molar-refractivity contribution < 1.29 is 19.3 Å². The Hall–Kier alpha value is 0.740. The van der Waals surface area contributed by atoms with Gasteiger partial charge in [0.2, 0.25) is 5.79 Å². The summed E-state index contributed by atoms with van der Waals surface area (Å²) in [5.74, 6) is -1.61. The number of aliphatic hydroxyl groups excluding tert-OH is 1. The third-order valence-corrected chi connectivity index (χ3v) is 6.28. The molecule has 4 unspecified atom stereocenters. The molecule has 1 saturated carbocycles. The number of rotatable bonds is 3. The van der Waals surface area contributed by atoms with Gasteiger partial charge in [0.15, 0.2) is 9.75 Å². The van der Waals surface area contributed by atoms with Crippen LogP contribution in [0.25, 0.3) is 0 Å². The van der Waals surface area contributed by atoms with Crippen molar-refractivity contribution in [3.63, 3.8) is 0 Å². The predicted octanol–water partition coefficient (Wildman–Crippen LogP) is 2.02. The number of fused-ring (bicyclic) bond motifs is 2. The highest BCUT2D eigenvalue weighted by molar-refractivity contribution is 6.52. The standard InChI is InChI=1S/C10H12Cl4O4/c1-16-7-6(15)8(13)4(11)5(12)9(7,14)10(8,17-2)18-3/h6-7,15H,1-3H3. The maximum atomic E-state index is 10.3. The largest absolute Gasteiger partial charge is 0.388 e. The summed E-state index contributed by atoms with van der Waals surface area (Å²) in [4.78, 5) is -3.12. The predicted molar refractivity (Wildman–Crippen MR) is 69.5 cm³/mol. The molecular formula is C10H12Cl4O4. The molecule has 0 aliphatic heterocycles. The van der Waals surface area contributed by atoms with Crippen LogP contribution in [0, 0.1) is 0 Å². The van der Waals surface area contributed by atoms with Crippen molar-refractivity contribution in [2.45, 2.75) is 27.7 Å². The quantitative estimate of drug-likeness (QED) is 0.632. The molecule has 1 N–H and O–H groups in total. The topological polar surface area (TPSA) is 47.9 Å². The molecule has 0 aromatic carbocycles. The van der Waals surface area contributed by atoms with Crippen LogP contribution in [0.4, 0.5) is 0 Å². The van der Waals surface area contributed by atoms with E-state index in [4.69, 9.17) is 60.6 Å². The summed E-state index contributed by atoms with van der Waals surface area (Å²) in [6.07, 6.45) is -2.14. The number of alkyl halides is 2. The number of hydrogen-bond donors (Lipinski definition) is 1. The molecule has 4 atom stereocenters. The minimum Gasteiger partial charge on any atom is -0.388 e. The summed E-state index contributed by atoms with van der Waals surface area (Å²) in [5, 5.41) is 10.4. The second-order valence-corrected chi connectivity index (χ2v) is 6.13. The highest BCUT2D eigenvalue weighted by atomic mass is 35.5. The summed E-state index contributed by atoms with van der Waals surface area (Å²) in [5.41, 5.74) is 0. The van der Waals surface area contributed by atoms with Crippen molar-refractivity contribution >= 4 is 46.4 Å². The smallest absolute Gasteiger partial charge is 0.222 e. The fourth-order valence-corrected chi connectivity index (χ4v) is 4.93. The first-order chi connectivity index (χ1) is 8.29. The molecular weight excluding hydrogens is 326 g/mol. The summed E-state index contributed by atoms with van der Waals surface area (Å²) < 4.78 is 15.9. The fraction of sp³-hybridized carbons (Fsp3) is 0.800. The molecule has 0 saturated heterocycles. The van der Waals surface area contributed by atoms with E-state index in [1.54, 1.807) is 0 Å². The van der Waals surface area contributed by atoms with Gasteiger partial charge >= 0.3 is 0 Å². The Kier molecular flexibility index (Phi) is 3.67.